The van der Waals surface area contributed by atoms with Crippen molar-refractivity contribution in [3.63, 3.8) is 0 Å². The van der Waals surface area contributed by atoms with Gasteiger partial charge in [0.05, 0.1) is 23.1 Å². The predicted molar refractivity (Wildman–Crippen MR) is 205 cm³/mol. The highest BCUT2D eigenvalue weighted by Gasteiger charge is 2.27. The summed E-state index contributed by atoms with van der Waals surface area (Å²) in [5.74, 6) is -2.02. The molecule has 3 amide bonds. The van der Waals surface area contributed by atoms with Crippen molar-refractivity contribution in [1.29, 1.82) is 0 Å². The van der Waals surface area contributed by atoms with Crippen molar-refractivity contribution in [3.8, 4) is 17.0 Å². The number of aromatic nitrogens is 2. The summed E-state index contributed by atoms with van der Waals surface area (Å²) in [5.41, 5.74) is 4.65. The zero-order valence-electron chi connectivity index (χ0n) is 31.4. The van der Waals surface area contributed by atoms with Gasteiger partial charge < -0.3 is 20.1 Å². The number of halogens is 6. The molecule has 0 atom stereocenters. The quantitative estimate of drug-likeness (QED) is 0.0618. The van der Waals surface area contributed by atoms with E-state index in [0.717, 1.165) is 48.6 Å². The molecule has 10 nitrogen and oxygen atoms in total. The number of rotatable bonds is 15. The maximum atomic E-state index is 14.0. The Hall–Kier alpha value is -5.16. The number of ketones is 1. The van der Waals surface area contributed by atoms with Crippen molar-refractivity contribution in [2.75, 3.05) is 23.0 Å². The first kappa shape index (κ1) is 45.2. The highest BCUT2D eigenvalue weighted by atomic mass is 32.2. The smallest absolute Gasteiger partial charge is 0.411 e. The van der Waals surface area contributed by atoms with Gasteiger partial charge in [-0.25, -0.2) is 9.18 Å². The molecule has 302 valence electrons. The van der Waals surface area contributed by atoms with Gasteiger partial charge in [0.1, 0.15) is 12.4 Å². The maximum Gasteiger partial charge on any atom is 0.411 e. The van der Waals surface area contributed by atoms with E-state index < -0.39 is 42.4 Å². The van der Waals surface area contributed by atoms with Crippen LogP contribution in [-0.2, 0) is 22.6 Å². The summed E-state index contributed by atoms with van der Waals surface area (Å²) in [6.45, 7) is 6.75. The summed E-state index contributed by atoms with van der Waals surface area (Å²) in [7, 11) is 0. The zero-order valence-corrected chi connectivity index (χ0v) is 32.2. The first-order chi connectivity index (χ1) is 26.3. The van der Waals surface area contributed by atoms with E-state index in [1.54, 1.807) is 44.2 Å². The molecule has 0 saturated heterocycles. The van der Waals surface area contributed by atoms with Gasteiger partial charge in [-0.05, 0) is 79.3 Å². The van der Waals surface area contributed by atoms with Crippen molar-refractivity contribution in [2.24, 2.45) is 4.99 Å². The number of urea groups is 1. The third-order valence-corrected chi connectivity index (χ3v) is 8.57. The van der Waals surface area contributed by atoms with Crippen molar-refractivity contribution in [1.82, 2.24) is 10.2 Å². The molecule has 0 aliphatic carbocycles. The lowest BCUT2D eigenvalue weighted by Gasteiger charge is -2.13. The van der Waals surface area contributed by atoms with Crippen LogP contribution in [0, 0.1) is 12.7 Å². The number of Topliss-reactive ketones (excluding diaryl/α,β-unsaturated/α-hetero) is 1. The first-order valence-corrected chi connectivity index (χ1v) is 18.4. The Bertz CT molecular complexity index is 1960. The number of aryl methyl sites for hydroxylation is 2. The molecule has 0 aliphatic rings. The van der Waals surface area contributed by atoms with Crippen molar-refractivity contribution >= 4 is 46.0 Å². The largest absolute Gasteiger partial charge is 0.430 e. The van der Waals surface area contributed by atoms with Gasteiger partial charge in [-0.1, -0.05) is 50.6 Å². The fraction of sp³-hybridized carbons (Fsp3) is 0.359. The summed E-state index contributed by atoms with van der Waals surface area (Å²) in [6, 6.07) is 16.4. The zero-order chi connectivity index (χ0) is 41.5. The van der Waals surface area contributed by atoms with Gasteiger partial charge in [0.2, 0.25) is 0 Å². The number of aromatic amines is 1. The van der Waals surface area contributed by atoms with Crippen LogP contribution >= 0.6 is 11.8 Å². The molecule has 3 aromatic carbocycles. The molecule has 4 aromatic rings. The second-order valence-corrected chi connectivity index (χ2v) is 13.6. The molecule has 1 heterocycles. The molecule has 4 rings (SSSR count). The number of nitrogens with zero attached hydrogens (tertiary/aromatic N) is 2. The van der Waals surface area contributed by atoms with Gasteiger partial charge in [-0.2, -0.15) is 32.0 Å². The average molecular weight is 808 g/mol. The molecule has 0 spiro atoms. The van der Waals surface area contributed by atoms with Crippen LogP contribution in [0.3, 0.4) is 0 Å². The monoisotopic (exact) mass is 807 g/mol. The minimum Gasteiger partial charge on any atom is -0.430 e. The normalized spacial score (nSPS) is 11.7. The molecule has 0 radical (unpaired) electrons. The van der Waals surface area contributed by atoms with Crippen LogP contribution in [0.2, 0.25) is 0 Å². The van der Waals surface area contributed by atoms with E-state index in [1.807, 2.05) is 25.1 Å². The van der Waals surface area contributed by atoms with Crippen LogP contribution in [0.4, 0.5) is 42.6 Å². The minimum atomic E-state index is -4.25. The number of hydrogen-bond donors (Lipinski definition) is 3. The molecule has 56 heavy (non-hydrogen) atoms. The number of carbonyl (C=O) groups excluding carboxylic acids is 3. The van der Waals surface area contributed by atoms with Gasteiger partial charge in [0.15, 0.2) is 17.4 Å². The summed E-state index contributed by atoms with van der Waals surface area (Å²) >= 11 is 1.20. The summed E-state index contributed by atoms with van der Waals surface area (Å²) in [4.78, 5) is 39.8. The summed E-state index contributed by atoms with van der Waals surface area (Å²) < 4.78 is 84.6. The maximum absolute atomic E-state index is 14.0. The summed E-state index contributed by atoms with van der Waals surface area (Å²) in [5, 5.41) is 12.4. The second-order valence-electron chi connectivity index (χ2n) is 12.5. The van der Waals surface area contributed by atoms with Crippen LogP contribution in [0.15, 0.2) is 71.7 Å². The lowest BCUT2D eigenvalue weighted by molar-refractivity contribution is -0.176. The fourth-order valence-corrected chi connectivity index (χ4v) is 5.44. The number of unbranched alkanes of at least 4 members (excludes halogenated alkanes) is 1. The Morgan fingerprint density at radius 1 is 0.946 bits per heavy atom. The van der Waals surface area contributed by atoms with E-state index >= 15 is 0 Å². The van der Waals surface area contributed by atoms with Crippen molar-refractivity contribution in [3.05, 3.63) is 94.8 Å². The van der Waals surface area contributed by atoms with Crippen LogP contribution in [0.5, 0.6) is 5.75 Å². The average Bonchev–Trinajstić information content (AvgIpc) is 3.59. The van der Waals surface area contributed by atoms with E-state index in [9.17, 15) is 40.7 Å². The Morgan fingerprint density at radius 2 is 1.66 bits per heavy atom. The SMILES string of the molecule is CCC(=O)CS/C(C)=N\C(=O)Nc1ccc(-c2cc(NC(=O)c3ccc(OC(C)(F)F)c(F)c3)n[nH]2)cc1.CCCCc1ccc(COCC(F)(F)F)c(C)c1. The molecule has 1 aromatic heterocycles. The molecule has 0 bridgehead atoms. The Labute approximate surface area is 324 Å². The fourth-order valence-electron chi connectivity index (χ4n) is 4.72. The van der Waals surface area contributed by atoms with Crippen molar-refractivity contribution < 1.29 is 50.2 Å². The third kappa shape index (κ3) is 16.3. The number of thioether (sulfide) groups is 1. The molecule has 3 N–H and O–H groups in total. The molecule has 0 unspecified atom stereocenters. The minimum absolute atomic E-state index is 0.0133. The van der Waals surface area contributed by atoms with Crippen LogP contribution in [0.25, 0.3) is 11.3 Å². The van der Waals surface area contributed by atoms with E-state index in [4.69, 9.17) is 0 Å². The molecule has 0 saturated carbocycles. The Morgan fingerprint density at radius 3 is 2.27 bits per heavy atom. The molecule has 0 aliphatic heterocycles. The van der Waals surface area contributed by atoms with Crippen molar-refractivity contribution in [2.45, 2.75) is 79.2 Å². The predicted octanol–water partition coefficient (Wildman–Crippen LogP) is 10.5. The molecule has 0 fully saturated rings. The molecular weight excluding hydrogens is 765 g/mol. The summed E-state index contributed by atoms with van der Waals surface area (Å²) in [6.07, 6.45) is -4.12. The number of H-pyrrole nitrogens is 1. The number of nitrogens with one attached hydrogen (secondary N) is 3. The van der Waals surface area contributed by atoms with E-state index in [2.05, 4.69) is 42.2 Å². The van der Waals surface area contributed by atoms with Crippen LogP contribution in [0.1, 0.15) is 74.0 Å². The van der Waals surface area contributed by atoms with Crippen LogP contribution in [-0.4, -0.2) is 57.6 Å². The van der Waals surface area contributed by atoms with E-state index in [1.165, 1.54) is 17.3 Å². The number of hydrogen-bond acceptors (Lipinski definition) is 7. The number of carbonyl (C=O) groups is 3. The number of aliphatic imine (C=N–C) groups is 1. The van der Waals surface area contributed by atoms with Gasteiger partial charge in [0, 0.05) is 30.7 Å². The number of ether oxygens (including phenoxy) is 2. The van der Waals surface area contributed by atoms with E-state index in [-0.39, 0.29) is 29.5 Å². The lowest BCUT2D eigenvalue weighted by atomic mass is 10.0. The van der Waals surface area contributed by atoms with Gasteiger partial charge in [-0.3, -0.25) is 14.7 Å². The first-order valence-electron chi connectivity index (χ1n) is 17.4. The topological polar surface area (TPSA) is 135 Å². The highest BCUT2D eigenvalue weighted by Crippen LogP contribution is 2.26. The van der Waals surface area contributed by atoms with Crippen LogP contribution < -0.4 is 15.4 Å². The molecular formula is C39H43F6N5O5S. The van der Waals surface area contributed by atoms with Gasteiger partial charge >= 0.3 is 18.3 Å². The number of amides is 3. The molecule has 17 heteroatoms. The Kier molecular flexibility index (Phi) is 17.1. The number of benzene rings is 3. The standard InChI is InChI=1S/C25H24F3N5O4S.C14H19F3O/c1-4-18(34)13-38-14(2)29-24(36)30-17-8-5-15(6-9-17)20-12-22(33-32-20)31-23(35)16-7-10-21(19(26)11-16)37-25(3,27)28;1-3-4-5-12-6-7-13(11(2)8-12)9-18-10-14(15,16)17/h5-12H,4,13H2,1-3H3,(H,30,36)(H2,31,32,33,35);6-8H,3-5,9-10H2,1-2H3/b29-14-;. The highest BCUT2D eigenvalue weighted by molar-refractivity contribution is 8.14. The number of anilines is 2. The van der Waals surface area contributed by atoms with Gasteiger partial charge in [-0.15, -0.1) is 11.8 Å². The lowest BCUT2D eigenvalue weighted by Crippen LogP contribution is -2.20. The van der Waals surface area contributed by atoms with E-state index in [0.29, 0.717) is 35.3 Å². The van der Waals surface area contributed by atoms with Gasteiger partial charge in [0.25, 0.3) is 5.91 Å². The second kappa shape index (κ2) is 21.2. The number of alkyl halides is 5. The Balaban J connectivity index is 0.000000391. The third-order valence-electron chi connectivity index (χ3n) is 7.59.